The van der Waals surface area contributed by atoms with Crippen molar-refractivity contribution in [3.63, 3.8) is 0 Å². The first kappa shape index (κ1) is 74.1. The average Bonchev–Trinajstić information content (AvgIpc) is 0.794. The molecule has 500 valence electrons. The van der Waals surface area contributed by atoms with Crippen molar-refractivity contribution in [2.75, 3.05) is 6.61 Å². The molecule has 0 aliphatic rings. The van der Waals surface area contributed by atoms with Gasteiger partial charge in [0, 0.05) is 0 Å². The molecule has 12 rings (SSSR count). The minimum Gasteiger partial charge on any atom is -0.494 e. The first-order valence-electron chi connectivity index (χ1n) is 34.5. The highest BCUT2D eigenvalue weighted by atomic mass is 32.2. The summed E-state index contributed by atoms with van der Waals surface area (Å²) in [5.41, 5.74) is 11.2. The van der Waals surface area contributed by atoms with E-state index in [4.69, 9.17) is 4.74 Å². The van der Waals surface area contributed by atoms with Gasteiger partial charge in [-0.2, -0.15) is 0 Å². The Morgan fingerprint density at radius 3 is 0.582 bits per heavy atom. The van der Waals surface area contributed by atoms with Gasteiger partial charge in [-0.25, -0.2) is 0 Å². The molecule has 0 aromatic heterocycles. The summed E-state index contributed by atoms with van der Waals surface area (Å²) in [5, 5.41) is 0. The lowest BCUT2D eigenvalue weighted by Crippen LogP contribution is -2.13. The summed E-state index contributed by atoms with van der Waals surface area (Å²) >= 11 is 0. The van der Waals surface area contributed by atoms with Crippen LogP contribution in [0.15, 0.2) is 368 Å². The summed E-state index contributed by atoms with van der Waals surface area (Å²) in [4.78, 5) is 16.3. The topological polar surface area (TPSA) is 9.23 Å². The first-order chi connectivity index (χ1) is 47.0. The zero-order chi connectivity index (χ0) is 69.8. The molecule has 12 aromatic rings. The molecule has 98 heavy (non-hydrogen) atoms. The third-order valence-corrected chi connectivity index (χ3v) is 25.8. The van der Waals surface area contributed by atoms with Crippen molar-refractivity contribution in [3.8, 4) is 5.75 Å². The molecule has 0 N–H and O–H groups in total. The first-order valence-corrected chi connectivity index (χ1v) is 39.4. The van der Waals surface area contributed by atoms with Crippen molar-refractivity contribution in [2.24, 2.45) is 0 Å². The van der Waals surface area contributed by atoms with Crippen LogP contribution >= 0.6 is 0 Å². The van der Waals surface area contributed by atoms with Gasteiger partial charge >= 0.3 is 0 Å². The number of hydrogen-bond donors (Lipinski definition) is 0. The van der Waals surface area contributed by atoms with Gasteiger partial charge in [0.15, 0.2) is 58.7 Å². The molecule has 0 radical (unpaired) electrons. The van der Waals surface area contributed by atoms with E-state index in [-0.39, 0.29) is 59.8 Å². The number of ether oxygens (including phenoxy) is 1. The van der Waals surface area contributed by atoms with Gasteiger partial charge in [0.2, 0.25) is 0 Å². The Morgan fingerprint density at radius 2 is 0.398 bits per heavy atom. The lowest BCUT2D eigenvalue weighted by Gasteiger charge is -2.21. The van der Waals surface area contributed by atoms with E-state index in [1.807, 2.05) is 0 Å². The second-order valence-electron chi connectivity index (χ2n) is 28.2. The van der Waals surface area contributed by atoms with Crippen LogP contribution in [0.5, 0.6) is 5.75 Å². The zero-order valence-corrected chi connectivity index (χ0v) is 63.9. The molecule has 0 fully saturated rings. The molecule has 0 aliphatic heterocycles. The van der Waals surface area contributed by atoms with Crippen molar-refractivity contribution in [3.05, 3.63) is 354 Å². The monoisotopic (exact) mass is 1360 g/mol. The smallest absolute Gasteiger partial charge is 0.166 e. The van der Waals surface area contributed by atoms with Crippen LogP contribution in [0.2, 0.25) is 0 Å². The van der Waals surface area contributed by atoms with Crippen LogP contribution in [0.1, 0.15) is 127 Å². The van der Waals surface area contributed by atoms with E-state index in [1.54, 1.807) is 0 Å². The van der Waals surface area contributed by atoms with Crippen LogP contribution in [-0.2, 0) is 59.8 Å². The molecule has 0 saturated heterocycles. The fourth-order valence-electron chi connectivity index (χ4n) is 11.0. The van der Waals surface area contributed by atoms with Crippen LogP contribution < -0.4 is 4.74 Å². The summed E-state index contributed by atoms with van der Waals surface area (Å²) < 4.78 is 5.80. The van der Waals surface area contributed by atoms with E-state index in [1.165, 1.54) is 103 Å². The van der Waals surface area contributed by atoms with Crippen molar-refractivity contribution in [1.82, 2.24) is 0 Å². The minimum atomic E-state index is -0.120. The van der Waals surface area contributed by atoms with E-state index in [0.717, 1.165) is 25.2 Å². The molecule has 0 aliphatic carbocycles. The predicted octanol–water partition coefficient (Wildman–Crippen LogP) is 25.7. The summed E-state index contributed by atoms with van der Waals surface area (Å²) in [6.07, 6.45) is 2.25. The van der Waals surface area contributed by atoms with Crippen LogP contribution in [0.25, 0.3) is 0 Å². The van der Waals surface area contributed by atoms with Gasteiger partial charge in [-0.15, -0.1) is 0 Å². The summed E-state index contributed by atoms with van der Waals surface area (Å²) in [6.45, 7) is 34.1. The SMILES string of the molecule is CC(C)(C)c1ccc([S+](c2ccc(C(C)(C)C)cc2)c2ccc(C(C)(C)C)cc2)cc1.CCCCOc1ccc([S+](c2ccccc2)c2ccccc2)cc1.Cc1ccc([S+](c2ccc(C)cc2)c2ccc(C)cc2)cc1.Cc1ccc([S+](c2ccccc2)c2ccc(C)cc2)cc1. The van der Waals surface area contributed by atoms with Crippen molar-refractivity contribution in [1.29, 1.82) is 0 Å². The molecule has 0 amide bonds. The van der Waals surface area contributed by atoms with E-state index in [0.29, 0.717) is 0 Å². The summed E-state index contributed by atoms with van der Waals surface area (Å²) in [5.74, 6) is 0.955. The molecule has 5 heteroatoms. The van der Waals surface area contributed by atoms with Gasteiger partial charge in [-0.1, -0.05) is 255 Å². The van der Waals surface area contributed by atoms with Gasteiger partial charge in [-0.05, 0) is 232 Å². The number of unbranched alkanes of at least 4 members (excludes halogenated alkanes) is 1. The normalized spacial score (nSPS) is 11.5. The molecular formula is C93H102OS4+4. The largest absolute Gasteiger partial charge is 0.494 e. The summed E-state index contributed by atoms with van der Waals surface area (Å²) in [7, 11) is -0.276. The Labute approximate surface area is 601 Å². The highest BCUT2D eigenvalue weighted by Crippen LogP contribution is 2.38. The van der Waals surface area contributed by atoms with Gasteiger partial charge in [0.25, 0.3) is 0 Å². The number of hydrogen-bond acceptors (Lipinski definition) is 1. The van der Waals surface area contributed by atoms with Crippen molar-refractivity contribution in [2.45, 2.75) is 192 Å². The fourth-order valence-corrected chi connectivity index (χ4v) is 19.2. The zero-order valence-electron chi connectivity index (χ0n) is 60.6. The average molecular weight is 1360 g/mol. The van der Waals surface area contributed by atoms with Crippen LogP contribution in [0, 0.1) is 34.6 Å². The maximum absolute atomic E-state index is 5.80. The molecule has 0 atom stereocenters. The Balaban J connectivity index is 0.000000155. The minimum absolute atomic E-state index is 0.0312. The maximum Gasteiger partial charge on any atom is 0.166 e. The van der Waals surface area contributed by atoms with Crippen LogP contribution in [-0.4, -0.2) is 6.61 Å². The standard InChI is InChI=1S/C30H39S.C22H23OS.C21H21S.C20H19S/c1-28(2,3)22-10-16-25(17-11-22)31(26-18-12-23(13-19-26)29(4,5)6)27-20-14-24(15-21-27)30(7,8)9;1-2-3-18-23-19-14-16-22(17-15-19)24(20-10-6-4-7-11-20)21-12-8-5-9-13-21;1-16-4-10-19(11-5-16)22(20-12-6-17(2)7-13-20)21-14-8-18(3)9-15-21;1-16-8-12-19(13-9-16)21(18-6-4-3-5-7-18)20-14-10-17(2)11-15-20/h10-21H,1-9H3;4-17H,2-3,18H2,1H3;4-15H,1-3H3;3-15H,1-2H3/q4*+1. The highest BCUT2D eigenvalue weighted by molar-refractivity contribution is 7.98. The quantitative estimate of drug-likeness (QED) is 0.0692. The lowest BCUT2D eigenvalue weighted by molar-refractivity contribution is 0.309. The molecular weight excluding hydrogens is 1260 g/mol. The van der Waals surface area contributed by atoms with Gasteiger partial charge in [0.1, 0.15) is 5.75 Å². The maximum atomic E-state index is 5.80. The van der Waals surface area contributed by atoms with Gasteiger partial charge in [-0.3, -0.25) is 0 Å². The number of aryl methyl sites for hydroxylation is 5. The van der Waals surface area contributed by atoms with Crippen molar-refractivity contribution < 1.29 is 4.74 Å². The van der Waals surface area contributed by atoms with Crippen molar-refractivity contribution >= 4 is 43.6 Å². The Kier molecular flexibility index (Phi) is 26.5. The molecule has 1 nitrogen and oxygen atoms in total. The predicted molar refractivity (Wildman–Crippen MR) is 426 cm³/mol. The third kappa shape index (κ3) is 21.2. The van der Waals surface area contributed by atoms with Crippen LogP contribution in [0.3, 0.4) is 0 Å². The van der Waals surface area contributed by atoms with E-state index >= 15 is 0 Å². The van der Waals surface area contributed by atoms with Gasteiger partial charge < -0.3 is 4.74 Å². The lowest BCUT2D eigenvalue weighted by atomic mass is 9.87. The number of benzene rings is 12. The van der Waals surface area contributed by atoms with Crippen LogP contribution in [0.4, 0.5) is 0 Å². The number of rotatable bonds is 16. The Bertz CT molecular complexity index is 3950. The molecule has 0 saturated carbocycles. The Hall–Kier alpha value is -8.16. The molecule has 12 aromatic carbocycles. The molecule has 0 spiro atoms. The molecule has 0 heterocycles. The second kappa shape index (κ2) is 35.1. The summed E-state index contributed by atoms with van der Waals surface area (Å²) in [6, 6.07) is 113. The van der Waals surface area contributed by atoms with Gasteiger partial charge in [0.05, 0.1) is 50.2 Å². The third-order valence-electron chi connectivity index (χ3n) is 16.9. The molecule has 0 unspecified atom stereocenters. The van der Waals surface area contributed by atoms with E-state index < -0.39 is 0 Å². The van der Waals surface area contributed by atoms with E-state index in [9.17, 15) is 0 Å². The van der Waals surface area contributed by atoms with E-state index in [2.05, 4.69) is 413 Å². The highest BCUT2D eigenvalue weighted by Gasteiger charge is 2.33. The molecule has 0 bridgehead atoms. The second-order valence-corrected chi connectivity index (χ2v) is 36.3. The Morgan fingerprint density at radius 1 is 0.224 bits per heavy atom. The fraction of sp³-hybridized carbons (Fsp3) is 0.226.